The van der Waals surface area contributed by atoms with Crippen molar-refractivity contribution < 1.29 is 19.0 Å². The summed E-state index contributed by atoms with van der Waals surface area (Å²) < 4.78 is 19.5. The van der Waals surface area contributed by atoms with Crippen molar-refractivity contribution in [3.63, 3.8) is 0 Å². The number of aromatic carboxylic acids is 1. The standard InChI is InChI=1S/C13H17FN2O3/c1-8-4-6-16(7-10(8)19-2)12-11(14)9(13(17)18)3-5-15-12/h3,5,8,10H,4,6-7H2,1-2H3,(H,17,18). The van der Waals surface area contributed by atoms with Crippen molar-refractivity contribution in [2.24, 2.45) is 5.92 Å². The molecule has 0 radical (unpaired) electrons. The van der Waals surface area contributed by atoms with E-state index in [1.54, 1.807) is 12.0 Å². The topological polar surface area (TPSA) is 62.7 Å². The van der Waals surface area contributed by atoms with Crippen LogP contribution in [-0.2, 0) is 4.74 Å². The zero-order chi connectivity index (χ0) is 14.0. The summed E-state index contributed by atoms with van der Waals surface area (Å²) in [6.45, 7) is 3.25. The Morgan fingerprint density at radius 1 is 1.63 bits per heavy atom. The van der Waals surface area contributed by atoms with Crippen LogP contribution in [0.4, 0.5) is 10.2 Å². The molecule has 1 aromatic rings. The van der Waals surface area contributed by atoms with Gasteiger partial charge in [-0.1, -0.05) is 6.92 Å². The molecule has 1 aromatic heterocycles. The number of rotatable bonds is 3. The van der Waals surface area contributed by atoms with E-state index in [2.05, 4.69) is 11.9 Å². The second-order valence-corrected chi connectivity index (χ2v) is 4.79. The lowest BCUT2D eigenvalue weighted by molar-refractivity contribution is 0.0494. The van der Waals surface area contributed by atoms with Gasteiger partial charge in [0.2, 0.25) is 0 Å². The first kappa shape index (κ1) is 13.7. The minimum Gasteiger partial charge on any atom is -0.478 e. The lowest BCUT2D eigenvalue weighted by atomic mass is 9.96. The molecule has 2 heterocycles. The van der Waals surface area contributed by atoms with Gasteiger partial charge in [-0.3, -0.25) is 0 Å². The van der Waals surface area contributed by atoms with Gasteiger partial charge in [0.05, 0.1) is 6.10 Å². The Bertz CT molecular complexity index is 481. The third kappa shape index (κ3) is 2.68. The molecule has 2 rings (SSSR count). The van der Waals surface area contributed by atoms with Crippen LogP contribution < -0.4 is 4.90 Å². The third-order valence-electron chi connectivity index (χ3n) is 3.59. The fraction of sp³-hybridized carbons (Fsp3) is 0.538. The predicted octanol–water partition coefficient (Wildman–Crippen LogP) is 1.78. The minimum atomic E-state index is -1.28. The van der Waals surface area contributed by atoms with Gasteiger partial charge >= 0.3 is 5.97 Å². The van der Waals surface area contributed by atoms with E-state index >= 15 is 0 Å². The van der Waals surface area contributed by atoms with Gasteiger partial charge in [-0.15, -0.1) is 0 Å². The molecule has 0 spiro atoms. The van der Waals surface area contributed by atoms with Crippen LogP contribution >= 0.6 is 0 Å². The summed E-state index contributed by atoms with van der Waals surface area (Å²) >= 11 is 0. The molecule has 104 valence electrons. The van der Waals surface area contributed by atoms with Gasteiger partial charge in [-0.2, -0.15) is 0 Å². The normalized spacial score (nSPS) is 23.4. The Hall–Kier alpha value is -1.69. The lowest BCUT2D eigenvalue weighted by Crippen LogP contribution is -2.44. The largest absolute Gasteiger partial charge is 0.478 e. The van der Waals surface area contributed by atoms with E-state index in [0.717, 1.165) is 6.42 Å². The number of carboxylic acids is 1. The van der Waals surface area contributed by atoms with Crippen molar-refractivity contribution in [2.45, 2.75) is 19.4 Å². The van der Waals surface area contributed by atoms with E-state index in [-0.39, 0.29) is 17.5 Å². The second-order valence-electron chi connectivity index (χ2n) is 4.79. The number of pyridine rings is 1. The van der Waals surface area contributed by atoms with E-state index in [4.69, 9.17) is 9.84 Å². The average molecular weight is 268 g/mol. The van der Waals surface area contributed by atoms with E-state index in [9.17, 15) is 9.18 Å². The van der Waals surface area contributed by atoms with E-state index in [0.29, 0.717) is 19.0 Å². The fourth-order valence-electron chi connectivity index (χ4n) is 2.35. The molecule has 19 heavy (non-hydrogen) atoms. The van der Waals surface area contributed by atoms with Crippen molar-refractivity contribution >= 4 is 11.8 Å². The van der Waals surface area contributed by atoms with Crippen LogP contribution in [0.3, 0.4) is 0 Å². The quantitative estimate of drug-likeness (QED) is 0.905. The number of anilines is 1. The van der Waals surface area contributed by atoms with Crippen molar-refractivity contribution in [3.05, 3.63) is 23.6 Å². The molecule has 1 aliphatic rings. The van der Waals surface area contributed by atoms with Gasteiger partial charge in [0, 0.05) is 26.4 Å². The van der Waals surface area contributed by atoms with Gasteiger partial charge in [0.15, 0.2) is 11.6 Å². The number of hydrogen-bond donors (Lipinski definition) is 1. The summed E-state index contributed by atoms with van der Waals surface area (Å²) in [7, 11) is 1.63. The molecule has 2 atom stereocenters. The van der Waals surface area contributed by atoms with Gasteiger partial charge in [-0.25, -0.2) is 14.2 Å². The van der Waals surface area contributed by atoms with Gasteiger partial charge in [-0.05, 0) is 18.4 Å². The molecule has 1 saturated heterocycles. The van der Waals surface area contributed by atoms with E-state index in [1.807, 2.05) is 0 Å². The summed E-state index contributed by atoms with van der Waals surface area (Å²) in [4.78, 5) is 16.6. The number of hydrogen-bond acceptors (Lipinski definition) is 4. The second kappa shape index (κ2) is 5.52. The van der Waals surface area contributed by atoms with Crippen molar-refractivity contribution in [2.75, 3.05) is 25.1 Å². The number of carboxylic acid groups (broad SMARTS) is 1. The van der Waals surface area contributed by atoms with Crippen LogP contribution in [0.15, 0.2) is 12.3 Å². The Morgan fingerprint density at radius 3 is 3.00 bits per heavy atom. The summed E-state index contributed by atoms with van der Waals surface area (Å²) in [5.74, 6) is -1.57. The number of ether oxygens (including phenoxy) is 1. The highest BCUT2D eigenvalue weighted by Crippen LogP contribution is 2.26. The summed E-state index contributed by atoms with van der Waals surface area (Å²) in [6, 6.07) is 1.17. The Morgan fingerprint density at radius 2 is 2.37 bits per heavy atom. The van der Waals surface area contributed by atoms with Crippen molar-refractivity contribution in [3.8, 4) is 0 Å². The summed E-state index contributed by atoms with van der Waals surface area (Å²) in [5.41, 5.74) is -0.349. The number of methoxy groups -OCH3 is 1. The predicted molar refractivity (Wildman–Crippen MR) is 67.9 cm³/mol. The zero-order valence-corrected chi connectivity index (χ0v) is 11.0. The highest BCUT2D eigenvalue weighted by Gasteiger charge is 2.29. The zero-order valence-electron chi connectivity index (χ0n) is 11.0. The van der Waals surface area contributed by atoms with E-state index < -0.39 is 11.8 Å². The molecule has 6 heteroatoms. The molecule has 0 bridgehead atoms. The Kier molecular flexibility index (Phi) is 3.99. The number of carbonyl (C=O) groups is 1. The SMILES string of the molecule is COC1CN(c2nccc(C(=O)O)c2F)CCC1C. The molecule has 2 unspecified atom stereocenters. The molecular weight excluding hydrogens is 251 g/mol. The lowest BCUT2D eigenvalue weighted by Gasteiger charge is -2.37. The monoisotopic (exact) mass is 268 g/mol. The molecule has 1 aliphatic heterocycles. The number of halogens is 1. The fourth-order valence-corrected chi connectivity index (χ4v) is 2.35. The highest BCUT2D eigenvalue weighted by molar-refractivity contribution is 5.88. The molecule has 5 nitrogen and oxygen atoms in total. The first-order valence-electron chi connectivity index (χ1n) is 6.20. The smallest absolute Gasteiger partial charge is 0.338 e. The van der Waals surface area contributed by atoms with Crippen LogP contribution in [-0.4, -0.2) is 42.4 Å². The molecule has 0 aliphatic carbocycles. The summed E-state index contributed by atoms with van der Waals surface area (Å²) in [6.07, 6.45) is 2.18. The average Bonchev–Trinajstić information content (AvgIpc) is 2.39. The minimum absolute atomic E-state index is 0.00318. The number of nitrogens with zero attached hydrogens (tertiary/aromatic N) is 2. The Balaban J connectivity index is 2.27. The van der Waals surface area contributed by atoms with Crippen molar-refractivity contribution in [1.82, 2.24) is 4.98 Å². The number of aromatic nitrogens is 1. The van der Waals surface area contributed by atoms with E-state index in [1.165, 1.54) is 12.3 Å². The molecular formula is C13H17FN2O3. The first-order valence-corrected chi connectivity index (χ1v) is 6.20. The van der Waals surface area contributed by atoms with Crippen LogP contribution in [0.2, 0.25) is 0 Å². The maximum absolute atomic E-state index is 14.1. The van der Waals surface area contributed by atoms with Gasteiger partial charge in [0.25, 0.3) is 0 Å². The van der Waals surface area contributed by atoms with Crippen molar-refractivity contribution in [1.29, 1.82) is 0 Å². The highest BCUT2D eigenvalue weighted by atomic mass is 19.1. The molecule has 1 fully saturated rings. The van der Waals surface area contributed by atoms with Crippen LogP contribution in [0.5, 0.6) is 0 Å². The van der Waals surface area contributed by atoms with Crippen LogP contribution in [0.25, 0.3) is 0 Å². The van der Waals surface area contributed by atoms with Crippen LogP contribution in [0.1, 0.15) is 23.7 Å². The molecule has 0 amide bonds. The Labute approximate surface area is 111 Å². The van der Waals surface area contributed by atoms with Gasteiger partial charge < -0.3 is 14.7 Å². The maximum atomic E-state index is 14.1. The van der Waals surface area contributed by atoms with Crippen LogP contribution in [0, 0.1) is 11.7 Å². The van der Waals surface area contributed by atoms with Gasteiger partial charge in [0.1, 0.15) is 5.56 Å². The molecule has 0 saturated carbocycles. The first-order chi connectivity index (χ1) is 9.04. The maximum Gasteiger partial charge on any atom is 0.338 e. The number of piperidine rings is 1. The third-order valence-corrected chi connectivity index (χ3v) is 3.59. The summed E-state index contributed by atoms with van der Waals surface area (Å²) in [5, 5.41) is 8.92. The molecule has 0 aromatic carbocycles. The molecule has 1 N–H and O–H groups in total.